The van der Waals surface area contributed by atoms with Crippen LogP contribution in [0.25, 0.3) is 0 Å². The minimum Gasteiger partial charge on any atom is -0.467 e. The van der Waals surface area contributed by atoms with Crippen molar-refractivity contribution in [2.75, 3.05) is 14.5 Å². The molecule has 0 aliphatic heterocycles. The monoisotopic (exact) mass is 597 g/mol. The minimum absolute atomic E-state index is 0.446. The number of methoxy groups -OCH3 is 1. The second kappa shape index (κ2) is 15.7. The fraction of sp³-hybridized carbons (Fsp3) is 0.893. The van der Waals surface area contributed by atoms with E-state index in [1.54, 1.807) is 7.11 Å². The summed E-state index contributed by atoms with van der Waals surface area (Å²) in [5.41, 5.74) is 0. The number of rotatable bonds is 11. The molecule has 4 fully saturated rings. The second-order valence-corrected chi connectivity index (χ2v) is 16.8. The fourth-order valence-electron chi connectivity index (χ4n) is 6.05. The van der Waals surface area contributed by atoms with Crippen molar-refractivity contribution in [3.8, 4) is 6.01 Å². The molecule has 0 N–H and O–H groups in total. The SMILES string of the molecule is COc1nc(N(SC2CCCCC2)SC2CCCCC2)nc(N(SC2CCCCC2)SC2CCCCC2)n1. The summed E-state index contributed by atoms with van der Waals surface area (Å²) in [5.74, 6) is 1.55. The first kappa shape index (κ1) is 29.3. The van der Waals surface area contributed by atoms with Crippen LogP contribution in [0.15, 0.2) is 0 Å². The third-order valence-corrected chi connectivity index (χ3v) is 13.8. The maximum Gasteiger partial charge on any atom is 0.322 e. The van der Waals surface area contributed by atoms with Crippen molar-refractivity contribution >= 4 is 59.7 Å². The van der Waals surface area contributed by atoms with Gasteiger partial charge < -0.3 is 4.74 Å². The normalized spacial score (nSPS) is 22.9. The second-order valence-electron chi connectivity index (χ2n) is 11.4. The third-order valence-electron chi connectivity index (χ3n) is 8.29. The average Bonchev–Trinajstić information content (AvgIpc) is 2.98. The van der Waals surface area contributed by atoms with Gasteiger partial charge in [-0.3, -0.25) is 0 Å². The van der Waals surface area contributed by atoms with E-state index < -0.39 is 0 Å². The minimum atomic E-state index is 0.446. The highest BCUT2D eigenvalue weighted by molar-refractivity contribution is 8.19. The Hall–Kier alpha value is -0.190. The van der Waals surface area contributed by atoms with Gasteiger partial charge in [-0.15, -0.1) is 0 Å². The Bertz CT molecular complexity index is 725. The predicted molar refractivity (Wildman–Crippen MR) is 169 cm³/mol. The molecule has 0 aromatic carbocycles. The largest absolute Gasteiger partial charge is 0.467 e. The molecule has 4 saturated carbocycles. The average molecular weight is 598 g/mol. The lowest BCUT2D eigenvalue weighted by Gasteiger charge is -2.33. The molecule has 4 aliphatic carbocycles. The molecule has 0 amide bonds. The van der Waals surface area contributed by atoms with Gasteiger partial charge in [0.05, 0.1) is 7.11 Å². The molecule has 0 saturated heterocycles. The van der Waals surface area contributed by atoms with Crippen molar-refractivity contribution in [1.29, 1.82) is 0 Å². The predicted octanol–water partition coefficient (Wildman–Crippen LogP) is 9.42. The zero-order chi connectivity index (χ0) is 26.0. The van der Waals surface area contributed by atoms with Crippen LogP contribution in [0.2, 0.25) is 0 Å². The summed E-state index contributed by atoms with van der Waals surface area (Å²) in [5, 5.41) is 2.59. The zero-order valence-corrected chi connectivity index (χ0v) is 26.5. The molecule has 214 valence electrons. The van der Waals surface area contributed by atoms with Crippen LogP contribution in [0.3, 0.4) is 0 Å². The van der Waals surface area contributed by atoms with Gasteiger partial charge in [-0.1, -0.05) is 77.0 Å². The molecule has 0 radical (unpaired) electrons. The van der Waals surface area contributed by atoms with Gasteiger partial charge in [-0.05, 0) is 99.2 Å². The van der Waals surface area contributed by atoms with Crippen LogP contribution in [-0.4, -0.2) is 43.1 Å². The molecule has 0 bridgehead atoms. The molecule has 4 aliphatic rings. The number of nitrogens with zero attached hydrogens (tertiary/aromatic N) is 5. The highest BCUT2D eigenvalue weighted by Gasteiger charge is 2.30. The van der Waals surface area contributed by atoms with E-state index in [0.29, 0.717) is 27.0 Å². The lowest BCUT2D eigenvalue weighted by atomic mass is 10.0. The third kappa shape index (κ3) is 8.90. The standard InChI is InChI=1S/C28H47N5OS4/c1-34-28-30-26(32(35-22-14-6-2-7-15-22)36-23-16-8-3-9-17-23)29-27(31-28)33(37-24-18-10-4-11-19-24)38-25-20-12-5-13-21-25/h22-25H,2-21H2,1H3. The highest BCUT2D eigenvalue weighted by atomic mass is 32.2. The molecule has 10 heteroatoms. The van der Waals surface area contributed by atoms with Crippen LogP contribution in [0, 0.1) is 0 Å². The smallest absolute Gasteiger partial charge is 0.322 e. The molecule has 6 nitrogen and oxygen atoms in total. The van der Waals surface area contributed by atoms with Crippen molar-refractivity contribution in [1.82, 2.24) is 15.0 Å². The van der Waals surface area contributed by atoms with Crippen molar-refractivity contribution in [3.63, 3.8) is 0 Å². The van der Waals surface area contributed by atoms with Gasteiger partial charge in [-0.25, -0.2) is 7.42 Å². The van der Waals surface area contributed by atoms with Gasteiger partial charge in [0.25, 0.3) is 11.9 Å². The van der Waals surface area contributed by atoms with Gasteiger partial charge in [0, 0.05) is 21.0 Å². The van der Waals surface area contributed by atoms with E-state index in [0.717, 1.165) is 11.9 Å². The van der Waals surface area contributed by atoms with Crippen LogP contribution in [0.4, 0.5) is 11.9 Å². The van der Waals surface area contributed by atoms with Gasteiger partial charge in [0.15, 0.2) is 0 Å². The van der Waals surface area contributed by atoms with E-state index in [1.165, 1.54) is 128 Å². The van der Waals surface area contributed by atoms with Gasteiger partial charge in [-0.2, -0.15) is 15.0 Å². The lowest BCUT2D eigenvalue weighted by Crippen LogP contribution is -2.24. The van der Waals surface area contributed by atoms with Crippen molar-refractivity contribution in [2.24, 2.45) is 0 Å². The summed E-state index contributed by atoms with van der Waals surface area (Å²) in [6.07, 6.45) is 26.6. The first-order chi connectivity index (χ1) is 18.8. The van der Waals surface area contributed by atoms with E-state index in [4.69, 9.17) is 19.7 Å². The lowest BCUT2D eigenvalue weighted by molar-refractivity contribution is 0.379. The number of anilines is 2. The molecular weight excluding hydrogens is 551 g/mol. The Labute approximate surface area is 248 Å². The van der Waals surface area contributed by atoms with Crippen LogP contribution >= 0.6 is 47.8 Å². The summed E-state index contributed by atoms with van der Waals surface area (Å²) in [6, 6.07) is 0.446. The molecule has 1 aromatic heterocycles. The number of hydrogen-bond acceptors (Lipinski definition) is 10. The van der Waals surface area contributed by atoms with Crippen LogP contribution in [0.1, 0.15) is 128 Å². The first-order valence-corrected chi connectivity index (χ1v) is 18.7. The summed E-state index contributed by atoms with van der Waals surface area (Å²) < 4.78 is 10.4. The fourth-order valence-corrected chi connectivity index (χ4v) is 11.9. The quantitative estimate of drug-likeness (QED) is 0.231. The Kier molecular flexibility index (Phi) is 12.1. The summed E-state index contributed by atoms with van der Waals surface area (Å²) in [7, 11) is 1.70. The summed E-state index contributed by atoms with van der Waals surface area (Å²) in [4.78, 5) is 14.9. The Morgan fingerprint density at radius 3 is 1.03 bits per heavy atom. The van der Waals surface area contributed by atoms with E-state index in [2.05, 4.69) is 7.42 Å². The van der Waals surface area contributed by atoms with Crippen LogP contribution in [-0.2, 0) is 0 Å². The Balaban J connectivity index is 1.40. The van der Waals surface area contributed by atoms with E-state index in [-0.39, 0.29) is 0 Å². The van der Waals surface area contributed by atoms with E-state index >= 15 is 0 Å². The van der Waals surface area contributed by atoms with Gasteiger partial charge in [0.2, 0.25) is 0 Å². The molecule has 5 rings (SSSR count). The van der Waals surface area contributed by atoms with Crippen LogP contribution in [0.5, 0.6) is 6.01 Å². The zero-order valence-electron chi connectivity index (χ0n) is 23.2. The molecule has 0 atom stereocenters. The summed E-state index contributed by atoms with van der Waals surface area (Å²) >= 11 is 7.92. The molecule has 1 aromatic rings. The van der Waals surface area contributed by atoms with Crippen molar-refractivity contribution in [2.45, 2.75) is 149 Å². The number of ether oxygens (including phenoxy) is 1. The molecule has 0 unspecified atom stereocenters. The molecule has 1 heterocycles. The van der Waals surface area contributed by atoms with Crippen LogP contribution < -0.4 is 12.2 Å². The van der Waals surface area contributed by atoms with Crippen molar-refractivity contribution in [3.05, 3.63) is 0 Å². The van der Waals surface area contributed by atoms with Crippen molar-refractivity contribution < 1.29 is 4.74 Å². The van der Waals surface area contributed by atoms with E-state index in [9.17, 15) is 0 Å². The molecule has 0 spiro atoms. The number of aromatic nitrogens is 3. The van der Waals surface area contributed by atoms with Gasteiger partial charge in [0.1, 0.15) is 0 Å². The Morgan fingerprint density at radius 1 is 0.474 bits per heavy atom. The molecule has 38 heavy (non-hydrogen) atoms. The van der Waals surface area contributed by atoms with Gasteiger partial charge >= 0.3 is 6.01 Å². The first-order valence-electron chi connectivity index (χ1n) is 15.3. The maximum absolute atomic E-state index is 5.70. The molecular formula is C28H47N5OS4. The van der Waals surface area contributed by atoms with E-state index in [1.807, 2.05) is 47.8 Å². The Morgan fingerprint density at radius 2 is 0.763 bits per heavy atom. The number of hydrogen-bond donors (Lipinski definition) is 0. The topological polar surface area (TPSA) is 54.4 Å². The maximum atomic E-state index is 5.70. The summed E-state index contributed by atoms with van der Waals surface area (Å²) in [6.45, 7) is 0. The highest BCUT2D eigenvalue weighted by Crippen LogP contribution is 2.45.